The SMILES string of the molecule is COc1cccc(C2CC2C(=O)NCC(=O)O)c1. The molecule has 2 unspecified atom stereocenters. The van der Waals surface area contributed by atoms with E-state index in [0.29, 0.717) is 0 Å². The molecular formula is C13H15NO4. The van der Waals surface area contributed by atoms with Crippen LogP contribution in [0, 0.1) is 5.92 Å². The predicted molar refractivity (Wildman–Crippen MR) is 64.5 cm³/mol. The first kappa shape index (κ1) is 12.4. The number of amides is 1. The second-order valence-electron chi connectivity index (χ2n) is 4.34. The average Bonchev–Trinajstić information content (AvgIpc) is 3.16. The summed E-state index contributed by atoms with van der Waals surface area (Å²) in [6, 6.07) is 7.61. The van der Waals surface area contributed by atoms with Crippen LogP contribution in [-0.2, 0) is 9.59 Å². The summed E-state index contributed by atoms with van der Waals surface area (Å²) in [5.74, 6) is -0.387. The van der Waals surface area contributed by atoms with Crippen molar-refractivity contribution < 1.29 is 19.4 Å². The zero-order chi connectivity index (χ0) is 13.1. The van der Waals surface area contributed by atoms with Gasteiger partial charge in [0, 0.05) is 5.92 Å². The van der Waals surface area contributed by atoms with E-state index in [2.05, 4.69) is 5.32 Å². The molecule has 1 aromatic rings. The minimum Gasteiger partial charge on any atom is -0.497 e. The van der Waals surface area contributed by atoms with Gasteiger partial charge in [-0.3, -0.25) is 9.59 Å². The molecule has 1 fully saturated rings. The second kappa shape index (κ2) is 5.08. The Morgan fingerprint density at radius 2 is 2.28 bits per heavy atom. The van der Waals surface area contributed by atoms with Gasteiger partial charge >= 0.3 is 5.97 Å². The van der Waals surface area contributed by atoms with Crippen LogP contribution in [0.2, 0.25) is 0 Å². The Labute approximate surface area is 105 Å². The molecule has 2 rings (SSSR count). The monoisotopic (exact) mass is 249 g/mol. The molecule has 1 aliphatic carbocycles. The van der Waals surface area contributed by atoms with E-state index in [0.717, 1.165) is 17.7 Å². The van der Waals surface area contributed by atoms with Gasteiger partial charge in [0.1, 0.15) is 12.3 Å². The first-order valence-corrected chi connectivity index (χ1v) is 5.75. The van der Waals surface area contributed by atoms with Gasteiger partial charge in [0.25, 0.3) is 0 Å². The van der Waals surface area contributed by atoms with E-state index in [1.165, 1.54) is 0 Å². The van der Waals surface area contributed by atoms with Crippen LogP contribution in [0.25, 0.3) is 0 Å². The van der Waals surface area contributed by atoms with Gasteiger partial charge in [0.2, 0.25) is 5.91 Å². The normalized spacial score (nSPS) is 21.2. The lowest BCUT2D eigenvalue weighted by atomic mass is 10.1. The fourth-order valence-electron chi connectivity index (χ4n) is 2.02. The Morgan fingerprint density at radius 1 is 1.50 bits per heavy atom. The maximum Gasteiger partial charge on any atom is 0.322 e. The minimum absolute atomic E-state index is 0.114. The molecule has 1 aliphatic rings. The number of carbonyl (C=O) groups is 2. The Kier molecular flexibility index (Phi) is 3.50. The summed E-state index contributed by atoms with van der Waals surface area (Å²) in [6.45, 7) is -0.319. The Balaban J connectivity index is 1.93. The number of hydrogen-bond acceptors (Lipinski definition) is 3. The predicted octanol–water partition coefficient (Wildman–Crippen LogP) is 0.999. The zero-order valence-electron chi connectivity index (χ0n) is 10.1. The van der Waals surface area contributed by atoms with Crippen molar-refractivity contribution in [1.29, 1.82) is 0 Å². The Morgan fingerprint density at radius 3 is 2.94 bits per heavy atom. The third kappa shape index (κ3) is 2.80. The van der Waals surface area contributed by atoms with Gasteiger partial charge in [-0.2, -0.15) is 0 Å². The summed E-state index contributed by atoms with van der Waals surface area (Å²) in [4.78, 5) is 22.0. The zero-order valence-corrected chi connectivity index (χ0v) is 10.1. The number of rotatable bonds is 5. The molecule has 0 spiro atoms. The lowest BCUT2D eigenvalue weighted by molar-refractivity contribution is -0.138. The third-order valence-corrected chi connectivity index (χ3v) is 3.06. The molecule has 1 aromatic carbocycles. The van der Waals surface area contributed by atoms with Gasteiger partial charge in [-0.1, -0.05) is 12.1 Å². The third-order valence-electron chi connectivity index (χ3n) is 3.06. The van der Waals surface area contributed by atoms with Crippen LogP contribution in [0.4, 0.5) is 0 Å². The van der Waals surface area contributed by atoms with Crippen molar-refractivity contribution in [2.45, 2.75) is 12.3 Å². The molecule has 2 N–H and O–H groups in total. The number of carbonyl (C=O) groups excluding carboxylic acids is 1. The van der Waals surface area contributed by atoms with Crippen molar-refractivity contribution in [2.75, 3.05) is 13.7 Å². The highest BCUT2D eigenvalue weighted by Crippen LogP contribution is 2.48. The molecule has 18 heavy (non-hydrogen) atoms. The van der Waals surface area contributed by atoms with Gasteiger partial charge in [-0.05, 0) is 30.0 Å². The van der Waals surface area contributed by atoms with Crippen LogP contribution < -0.4 is 10.1 Å². The van der Waals surface area contributed by atoms with Crippen LogP contribution in [0.15, 0.2) is 24.3 Å². The number of carboxylic acid groups (broad SMARTS) is 1. The first-order valence-electron chi connectivity index (χ1n) is 5.75. The van der Waals surface area contributed by atoms with Crippen LogP contribution >= 0.6 is 0 Å². The molecule has 5 heteroatoms. The van der Waals surface area contributed by atoms with E-state index in [4.69, 9.17) is 9.84 Å². The summed E-state index contributed by atoms with van der Waals surface area (Å²) in [6.07, 6.45) is 0.763. The summed E-state index contributed by atoms with van der Waals surface area (Å²) < 4.78 is 5.13. The van der Waals surface area contributed by atoms with Crippen molar-refractivity contribution in [2.24, 2.45) is 5.92 Å². The molecule has 0 aliphatic heterocycles. The highest BCUT2D eigenvalue weighted by molar-refractivity contribution is 5.86. The molecule has 96 valence electrons. The van der Waals surface area contributed by atoms with E-state index in [9.17, 15) is 9.59 Å². The highest BCUT2D eigenvalue weighted by Gasteiger charge is 2.43. The van der Waals surface area contributed by atoms with Crippen LogP contribution in [0.3, 0.4) is 0 Å². The summed E-state index contributed by atoms with van der Waals surface area (Å²) in [5, 5.41) is 10.9. The van der Waals surface area contributed by atoms with Gasteiger partial charge in [-0.25, -0.2) is 0 Å². The number of benzene rings is 1. The van der Waals surface area contributed by atoms with Crippen LogP contribution in [0.1, 0.15) is 17.9 Å². The van der Waals surface area contributed by atoms with E-state index < -0.39 is 5.97 Å². The summed E-state index contributed by atoms with van der Waals surface area (Å²) in [5.41, 5.74) is 1.06. The van der Waals surface area contributed by atoms with E-state index in [1.54, 1.807) is 7.11 Å². The number of methoxy groups -OCH3 is 1. The van der Waals surface area contributed by atoms with Crippen molar-refractivity contribution in [3.05, 3.63) is 29.8 Å². The average molecular weight is 249 g/mol. The lowest BCUT2D eigenvalue weighted by Gasteiger charge is -2.04. The largest absolute Gasteiger partial charge is 0.497 e. The van der Waals surface area contributed by atoms with Crippen LogP contribution in [-0.4, -0.2) is 30.6 Å². The summed E-state index contributed by atoms with van der Waals surface area (Å²) >= 11 is 0. The van der Waals surface area contributed by atoms with Gasteiger partial charge in [0.15, 0.2) is 0 Å². The molecule has 0 aromatic heterocycles. The Hall–Kier alpha value is -2.04. The minimum atomic E-state index is -1.03. The Bertz CT molecular complexity index is 472. The standard InChI is InChI=1S/C13H15NO4/c1-18-9-4-2-3-8(5-9)10-6-11(10)13(17)14-7-12(15)16/h2-5,10-11H,6-7H2,1H3,(H,14,17)(H,15,16). The van der Waals surface area contributed by atoms with Gasteiger partial charge in [0.05, 0.1) is 7.11 Å². The molecule has 1 amide bonds. The smallest absolute Gasteiger partial charge is 0.322 e. The maximum atomic E-state index is 11.6. The fourth-order valence-corrected chi connectivity index (χ4v) is 2.02. The molecule has 1 saturated carbocycles. The van der Waals surface area contributed by atoms with Crippen molar-refractivity contribution in [1.82, 2.24) is 5.32 Å². The molecule has 0 heterocycles. The number of nitrogens with one attached hydrogen (secondary N) is 1. The molecule has 0 saturated heterocycles. The second-order valence-corrected chi connectivity index (χ2v) is 4.34. The fraction of sp³-hybridized carbons (Fsp3) is 0.385. The van der Waals surface area contributed by atoms with Crippen molar-refractivity contribution in [3.63, 3.8) is 0 Å². The summed E-state index contributed by atoms with van der Waals surface area (Å²) in [7, 11) is 1.60. The topological polar surface area (TPSA) is 75.6 Å². The maximum absolute atomic E-state index is 11.6. The van der Waals surface area contributed by atoms with Crippen molar-refractivity contribution in [3.8, 4) is 5.75 Å². The molecule has 5 nitrogen and oxygen atoms in total. The number of ether oxygens (including phenoxy) is 1. The number of aliphatic carboxylic acids is 1. The quantitative estimate of drug-likeness (QED) is 0.816. The van der Waals surface area contributed by atoms with E-state index >= 15 is 0 Å². The van der Waals surface area contributed by atoms with Crippen LogP contribution in [0.5, 0.6) is 5.75 Å². The van der Waals surface area contributed by atoms with E-state index in [1.807, 2.05) is 24.3 Å². The lowest BCUT2D eigenvalue weighted by Crippen LogP contribution is -2.30. The number of hydrogen-bond donors (Lipinski definition) is 2. The number of carboxylic acids is 1. The first-order chi connectivity index (χ1) is 8.61. The van der Waals surface area contributed by atoms with Gasteiger partial charge < -0.3 is 15.2 Å². The van der Waals surface area contributed by atoms with Crippen molar-refractivity contribution >= 4 is 11.9 Å². The van der Waals surface area contributed by atoms with E-state index in [-0.39, 0.29) is 24.3 Å². The molecular weight excluding hydrogens is 234 g/mol. The highest BCUT2D eigenvalue weighted by atomic mass is 16.5. The molecule has 0 bridgehead atoms. The molecule has 0 radical (unpaired) electrons. The molecule has 2 atom stereocenters. The van der Waals surface area contributed by atoms with Gasteiger partial charge in [-0.15, -0.1) is 0 Å².